The van der Waals surface area contributed by atoms with E-state index in [2.05, 4.69) is 5.10 Å². The molecule has 0 saturated carbocycles. The highest BCUT2D eigenvalue weighted by Crippen LogP contribution is 2.28. The van der Waals surface area contributed by atoms with Crippen molar-refractivity contribution in [1.29, 1.82) is 0 Å². The number of benzene rings is 1. The molecule has 1 heterocycles. The predicted molar refractivity (Wildman–Crippen MR) is 70.3 cm³/mol. The smallest absolute Gasteiger partial charge is 0.313 e. The van der Waals surface area contributed by atoms with E-state index in [1.165, 1.54) is 36.0 Å². The molecule has 1 N–H and O–H groups in total. The number of nitrogens with zero attached hydrogens (tertiary/aromatic N) is 3. The highest BCUT2D eigenvalue weighted by Gasteiger charge is 2.31. The SMILES string of the molecule is Cn1cc([N+](=O)[O-])c(C(Cc2ccc(F)cc2)C(=O)O)n1. The second-order valence-electron chi connectivity index (χ2n) is 4.55. The number of hydrogen-bond acceptors (Lipinski definition) is 4. The zero-order chi connectivity index (χ0) is 15.6. The second-order valence-corrected chi connectivity index (χ2v) is 4.55. The van der Waals surface area contributed by atoms with Crippen molar-refractivity contribution in [2.24, 2.45) is 7.05 Å². The maximum Gasteiger partial charge on any atom is 0.313 e. The fourth-order valence-electron chi connectivity index (χ4n) is 2.04. The minimum atomic E-state index is -1.22. The number of carboxylic acids is 1. The maximum absolute atomic E-state index is 12.9. The first-order valence-corrected chi connectivity index (χ1v) is 6.03. The van der Waals surface area contributed by atoms with Crippen LogP contribution in [-0.2, 0) is 18.3 Å². The quantitative estimate of drug-likeness (QED) is 0.670. The fraction of sp³-hybridized carbons (Fsp3) is 0.231. The van der Waals surface area contributed by atoms with Crippen molar-refractivity contribution in [2.75, 3.05) is 0 Å². The lowest BCUT2D eigenvalue weighted by molar-refractivity contribution is -0.385. The molecule has 8 heteroatoms. The lowest BCUT2D eigenvalue weighted by Gasteiger charge is -2.09. The summed E-state index contributed by atoms with van der Waals surface area (Å²) in [6, 6.07) is 5.31. The molecule has 0 fully saturated rings. The van der Waals surface area contributed by atoms with Crippen LogP contribution in [0.15, 0.2) is 30.5 Å². The first-order valence-electron chi connectivity index (χ1n) is 6.03. The summed E-state index contributed by atoms with van der Waals surface area (Å²) >= 11 is 0. The van der Waals surface area contributed by atoms with Crippen LogP contribution in [0.5, 0.6) is 0 Å². The van der Waals surface area contributed by atoms with Gasteiger partial charge in [0.1, 0.15) is 17.9 Å². The van der Waals surface area contributed by atoms with Crippen molar-refractivity contribution in [1.82, 2.24) is 9.78 Å². The average molecular weight is 293 g/mol. The normalized spacial score (nSPS) is 12.1. The summed E-state index contributed by atoms with van der Waals surface area (Å²) in [4.78, 5) is 21.7. The molecule has 0 spiro atoms. The van der Waals surface area contributed by atoms with Crippen molar-refractivity contribution >= 4 is 11.7 Å². The van der Waals surface area contributed by atoms with Crippen LogP contribution in [0.4, 0.5) is 10.1 Å². The molecule has 2 aromatic rings. The zero-order valence-corrected chi connectivity index (χ0v) is 11.1. The van der Waals surface area contributed by atoms with Crippen molar-refractivity contribution in [3.05, 3.63) is 57.7 Å². The topological polar surface area (TPSA) is 98.3 Å². The van der Waals surface area contributed by atoms with Gasteiger partial charge in [0, 0.05) is 7.05 Å². The van der Waals surface area contributed by atoms with Gasteiger partial charge in [0.05, 0.1) is 4.92 Å². The molecule has 7 nitrogen and oxygen atoms in total. The summed E-state index contributed by atoms with van der Waals surface area (Å²) in [6.07, 6.45) is 1.16. The molecule has 0 aliphatic rings. The summed E-state index contributed by atoms with van der Waals surface area (Å²) in [6.45, 7) is 0. The van der Waals surface area contributed by atoms with Crippen LogP contribution < -0.4 is 0 Å². The van der Waals surface area contributed by atoms with E-state index in [9.17, 15) is 24.4 Å². The molecule has 0 aliphatic heterocycles. The van der Waals surface area contributed by atoms with Gasteiger partial charge in [0.2, 0.25) is 0 Å². The molecular weight excluding hydrogens is 281 g/mol. The molecule has 0 amide bonds. The third-order valence-corrected chi connectivity index (χ3v) is 3.01. The molecule has 2 rings (SSSR count). The van der Waals surface area contributed by atoms with Crippen LogP contribution in [0.25, 0.3) is 0 Å². The van der Waals surface area contributed by atoms with Crippen molar-refractivity contribution < 1.29 is 19.2 Å². The van der Waals surface area contributed by atoms with E-state index in [1.54, 1.807) is 0 Å². The van der Waals surface area contributed by atoms with Gasteiger partial charge in [-0.25, -0.2) is 4.39 Å². The number of carbonyl (C=O) groups is 1. The van der Waals surface area contributed by atoms with Gasteiger partial charge >= 0.3 is 11.7 Å². The minimum Gasteiger partial charge on any atom is -0.481 e. The van der Waals surface area contributed by atoms with Gasteiger partial charge in [-0.1, -0.05) is 12.1 Å². The second kappa shape index (κ2) is 5.70. The third-order valence-electron chi connectivity index (χ3n) is 3.01. The molecular formula is C13H12FN3O4. The molecule has 21 heavy (non-hydrogen) atoms. The Morgan fingerprint density at radius 2 is 2.10 bits per heavy atom. The predicted octanol–water partition coefficient (Wildman–Crippen LogP) is 1.88. The number of aromatic nitrogens is 2. The summed E-state index contributed by atoms with van der Waals surface area (Å²) in [7, 11) is 1.48. The Labute approximate surface area is 118 Å². The number of nitro groups is 1. The van der Waals surface area contributed by atoms with Gasteiger partial charge < -0.3 is 5.11 Å². The lowest BCUT2D eigenvalue weighted by atomic mass is 9.95. The number of halogens is 1. The summed E-state index contributed by atoms with van der Waals surface area (Å²) in [5, 5.41) is 24.2. The highest BCUT2D eigenvalue weighted by molar-refractivity contribution is 5.77. The average Bonchev–Trinajstić information content (AvgIpc) is 2.79. The monoisotopic (exact) mass is 293 g/mol. The molecule has 0 saturated heterocycles. The Bertz CT molecular complexity index is 681. The van der Waals surface area contributed by atoms with E-state index >= 15 is 0 Å². The molecule has 1 unspecified atom stereocenters. The molecule has 0 radical (unpaired) electrons. The number of aliphatic carboxylic acids is 1. The third kappa shape index (κ3) is 3.22. The summed E-state index contributed by atoms with van der Waals surface area (Å²) in [5.41, 5.74) is 0.107. The van der Waals surface area contributed by atoms with E-state index in [1.807, 2.05) is 0 Å². The molecule has 1 atom stereocenters. The van der Waals surface area contributed by atoms with E-state index < -0.39 is 22.6 Å². The Balaban J connectivity index is 2.38. The van der Waals surface area contributed by atoms with Gasteiger partial charge in [-0.2, -0.15) is 5.10 Å². The largest absolute Gasteiger partial charge is 0.481 e. The Kier molecular flexibility index (Phi) is 3.97. The van der Waals surface area contributed by atoms with Gasteiger partial charge in [0.15, 0.2) is 5.69 Å². The van der Waals surface area contributed by atoms with Crippen molar-refractivity contribution in [3.63, 3.8) is 0 Å². The number of carboxylic acid groups (broad SMARTS) is 1. The van der Waals surface area contributed by atoms with E-state index in [0.717, 1.165) is 6.20 Å². The van der Waals surface area contributed by atoms with Crippen LogP contribution in [0, 0.1) is 15.9 Å². The first-order chi connectivity index (χ1) is 9.88. The van der Waals surface area contributed by atoms with E-state index in [4.69, 9.17) is 0 Å². The van der Waals surface area contributed by atoms with Gasteiger partial charge in [-0.05, 0) is 24.1 Å². The molecule has 1 aromatic carbocycles. The molecule has 110 valence electrons. The minimum absolute atomic E-state index is 0.00648. The van der Waals surface area contributed by atoms with Crippen LogP contribution >= 0.6 is 0 Å². The summed E-state index contributed by atoms with van der Waals surface area (Å²) < 4.78 is 14.1. The van der Waals surface area contributed by atoms with E-state index in [-0.39, 0.29) is 17.8 Å². The Morgan fingerprint density at radius 3 is 2.62 bits per heavy atom. The Hall–Kier alpha value is -2.77. The molecule has 0 aliphatic carbocycles. The zero-order valence-electron chi connectivity index (χ0n) is 11.1. The van der Waals surface area contributed by atoms with Crippen molar-refractivity contribution in [3.8, 4) is 0 Å². The molecule has 0 bridgehead atoms. The maximum atomic E-state index is 12.9. The fourth-order valence-corrected chi connectivity index (χ4v) is 2.04. The standard InChI is InChI=1S/C13H12FN3O4/c1-16-7-11(17(20)21)12(15-16)10(13(18)19)6-8-2-4-9(14)5-3-8/h2-5,7,10H,6H2,1H3,(H,18,19). The number of rotatable bonds is 5. The van der Waals surface area contributed by atoms with Crippen molar-refractivity contribution in [2.45, 2.75) is 12.3 Å². The van der Waals surface area contributed by atoms with Crippen LogP contribution in [-0.4, -0.2) is 25.8 Å². The Morgan fingerprint density at radius 1 is 1.48 bits per heavy atom. The number of hydrogen-bond donors (Lipinski definition) is 1. The molecule has 1 aromatic heterocycles. The van der Waals surface area contributed by atoms with E-state index in [0.29, 0.717) is 5.56 Å². The van der Waals surface area contributed by atoms with Gasteiger partial charge in [-0.15, -0.1) is 0 Å². The lowest BCUT2D eigenvalue weighted by Crippen LogP contribution is -2.16. The van der Waals surface area contributed by atoms with Crippen LogP contribution in [0.1, 0.15) is 17.2 Å². The van der Waals surface area contributed by atoms with Gasteiger partial charge in [0.25, 0.3) is 0 Å². The van der Waals surface area contributed by atoms with Crippen LogP contribution in [0.3, 0.4) is 0 Å². The summed E-state index contributed by atoms with van der Waals surface area (Å²) in [5.74, 6) is -2.83. The van der Waals surface area contributed by atoms with Crippen LogP contribution in [0.2, 0.25) is 0 Å². The highest BCUT2D eigenvalue weighted by atomic mass is 19.1. The number of aryl methyl sites for hydroxylation is 1. The first kappa shape index (κ1) is 14.6. The van der Waals surface area contributed by atoms with Gasteiger partial charge in [-0.3, -0.25) is 19.6 Å².